The molecule has 1 aromatic heterocycles. The Morgan fingerprint density at radius 1 is 1.27 bits per heavy atom. The Morgan fingerprint density at radius 3 is 2.95 bits per heavy atom. The monoisotopic (exact) mass is 336 g/mol. The van der Waals surface area contributed by atoms with Crippen LogP contribution in [0.2, 0.25) is 0 Å². The van der Waals surface area contributed by atoms with E-state index in [2.05, 4.69) is 10.3 Å². The molecule has 1 amide bonds. The molecule has 2 aromatic rings. The first-order valence-electron chi connectivity index (χ1n) is 7.38. The number of amides is 1. The molecule has 0 bridgehead atoms. The van der Waals surface area contributed by atoms with Crippen LogP contribution in [0.25, 0.3) is 0 Å². The number of benzene rings is 1. The standard InChI is InChI=1S/C16H17FN2OS2/c17-11-6-4-5-8-13(11)21-10-15(20)19-16-18-12-7-2-1-3-9-14(12)22-16/h4-6,8H,1-3,7,9-10H2,(H,18,19,20). The Kier molecular flexibility index (Phi) is 5.10. The van der Waals surface area contributed by atoms with Gasteiger partial charge in [0.2, 0.25) is 5.91 Å². The molecule has 3 nitrogen and oxygen atoms in total. The number of halogens is 1. The summed E-state index contributed by atoms with van der Waals surface area (Å²) >= 11 is 2.78. The Labute approximate surface area is 137 Å². The molecule has 0 spiro atoms. The van der Waals surface area contributed by atoms with E-state index in [0.29, 0.717) is 10.0 Å². The van der Waals surface area contributed by atoms with Crippen LogP contribution in [0.5, 0.6) is 0 Å². The summed E-state index contributed by atoms with van der Waals surface area (Å²) in [6, 6.07) is 6.49. The van der Waals surface area contributed by atoms with Gasteiger partial charge >= 0.3 is 0 Å². The molecule has 1 aliphatic rings. The summed E-state index contributed by atoms with van der Waals surface area (Å²) in [7, 11) is 0. The molecule has 0 unspecified atom stereocenters. The number of hydrogen-bond acceptors (Lipinski definition) is 4. The summed E-state index contributed by atoms with van der Waals surface area (Å²) in [5, 5.41) is 3.51. The van der Waals surface area contributed by atoms with Crippen molar-refractivity contribution >= 4 is 34.1 Å². The van der Waals surface area contributed by atoms with Gasteiger partial charge in [0.25, 0.3) is 0 Å². The van der Waals surface area contributed by atoms with Gasteiger partial charge in [-0.05, 0) is 37.8 Å². The number of rotatable bonds is 4. The van der Waals surface area contributed by atoms with Crippen molar-refractivity contribution in [2.24, 2.45) is 0 Å². The van der Waals surface area contributed by atoms with E-state index in [9.17, 15) is 9.18 Å². The molecule has 116 valence electrons. The summed E-state index contributed by atoms with van der Waals surface area (Å²) in [6.45, 7) is 0. The van der Waals surface area contributed by atoms with Crippen LogP contribution >= 0.6 is 23.1 Å². The van der Waals surface area contributed by atoms with Crippen LogP contribution in [0.4, 0.5) is 9.52 Å². The van der Waals surface area contributed by atoms with Crippen LogP contribution in [0.1, 0.15) is 29.8 Å². The van der Waals surface area contributed by atoms with Gasteiger partial charge in [0.05, 0.1) is 11.4 Å². The van der Waals surface area contributed by atoms with Crippen molar-refractivity contribution in [3.05, 3.63) is 40.7 Å². The van der Waals surface area contributed by atoms with E-state index < -0.39 is 0 Å². The van der Waals surface area contributed by atoms with E-state index in [1.54, 1.807) is 29.5 Å². The molecular formula is C16H17FN2OS2. The molecule has 0 aliphatic heterocycles. The van der Waals surface area contributed by atoms with Crippen LogP contribution < -0.4 is 5.32 Å². The Balaban J connectivity index is 1.57. The zero-order valence-electron chi connectivity index (χ0n) is 12.1. The second-order valence-electron chi connectivity index (χ2n) is 5.22. The van der Waals surface area contributed by atoms with Gasteiger partial charge < -0.3 is 5.32 Å². The van der Waals surface area contributed by atoms with Crippen molar-refractivity contribution in [3.63, 3.8) is 0 Å². The maximum absolute atomic E-state index is 13.5. The van der Waals surface area contributed by atoms with Crippen molar-refractivity contribution in [3.8, 4) is 0 Å². The fourth-order valence-corrected chi connectivity index (χ4v) is 4.25. The number of anilines is 1. The quantitative estimate of drug-likeness (QED) is 0.669. The second-order valence-corrected chi connectivity index (χ2v) is 7.32. The highest BCUT2D eigenvalue weighted by atomic mass is 32.2. The fraction of sp³-hybridized carbons (Fsp3) is 0.375. The number of carbonyl (C=O) groups is 1. The van der Waals surface area contributed by atoms with Crippen LogP contribution in [0, 0.1) is 5.82 Å². The minimum atomic E-state index is -0.290. The van der Waals surface area contributed by atoms with E-state index in [4.69, 9.17) is 0 Å². The summed E-state index contributed by atoms with van der Waals surface area (Å²) < 4.78 is 13.5. The summed E-state index contributed by atoms with van der Waals surface area (Å²) in [4.78, 5) is 18.3. The van der Waals surface area contributed by atoms with Crippen LogP contribution in [-0.2, 0) is 17.6 Å². The fourth-order valence-electron chi connectivity index (χ4n) is 2.44. The second kappa shape index (κ2) is 7.24. The minimum Gasteiger partial charge on any atom is -0.301 e. The van der Waals surface area contributed by atoms with Gasteiger partial charge in [0.15, 0.2) is 5.13 Å². The lowest BCUT2D eigenvalue weighted by molar-refractivity contribution is -0.113. The number of hydrogen-bond donors (Lipinski definition) is 1. The van der Waals surface area contributed by atoms with E-state index in [1.807, 2.05) is 0 Å². The average Bonchev–Trinajstić information content (AvgIpc) is 2.75. The van der Waals surface area contributed by atoms with Gasteiger partial charge in [0, 0.05) is 9.77 Å². The minimum absolute atomic E-state index is 0.142. The predicted molar refractivity (Wildman–Crippen MR) is 89.1 cm³/mol. The van der Waals surface area contributed by atoms with Gasteiger partial charge in [-0.3, -0.25) is 4.79 Å². The SMILES string of the molecule is O=C(CSc1ccccc1F)Nc1nc2c(s1)CCCCC2. The molecule has 1 N–H and O–H groups in total. The van der Waals surface area contributed by atoms with Gasteiger partial charge in [0.1, 0.15) is 5.82 Å². The molecule has 3 rings (SSSR count). The van der Waals surface area contributed by atoms with Crippen molar-refractivity contribution in [2.45, 2.75) is 37.0 Å². The topological polar surface area (TPSA) is 42.0 Å². The Morgan fingerprint density at radius 2 is 2.09 bits per heavy atom. The lowest BCUT2D eigenvalue weighted by Gasteiger charge is -2.03. The van der Waals surface area contributed by atoms with E-state index in [1.165, 1.54) is 42.0 Å². The molecule has 1 aromatic carbocycles. The van der Waals surface area contributed by atoms with E-state index in [0.717, 1.165) is 18.5 Å². The van der Waals surface area contributed by atoms with Crippen LogP contribution in [-0.4, -0.2) is 16.6 Å². The summed E-state index contributed by atoms with van der Waals surface area (Å²) in [5.41, 5.74) is 1.14. The molecule has 0 atom stereocenters. The Hall–Kier alpha value is -1.40. The normalized spacial score (nSPS) is 14.2. The zero-order chi connectivity index (χ0) is 15.4. The first-order chi connectivity index (χ1) is 10.7. The number of nitrogens with one attached hydrogen (secondary N) is 1. The number of aromatic nitrogens is 1. The third kappa shape index (κ3) is 3.87. The van der Waals surface area contributed by atoms with Crippen molar-refractivity contribution in [1.29, 1.82) is 0 Å². The molecule has 0 fully saturated rings. The van der Waals surface area contributed by atoms with E-state index >= 15 is 0 Å². The first kappa shape index (κ1) is 15.5. The van der Waals surface area contributed by atoms with Gasteiger partial charge in [-0.15, -0.1) is 23.1 Å². The third-order valence-electron chi connectivity index (χ3n) is 3.54. The number of thiazole rings is 1. The maximum Gasteiger partial charge on any atom is 0.236 e. The highest BCUT2D eigenvalue weighted by Crippen LogP contribution is 2.29. The van der Waals surface area contributed by atoms with Gasteiger partial charge in [-0.2, -0.15) is 0 Å². The van der Waals surface area contributed by atoms with Gasteiger partial charge in [-0.25, -0.2) is 9.37 Å². The molecule has 6 heteroatoms. The van der Waals surface area contributed by atoms with Crippen LogP contribution in [0.3, 0.4) is 0 Å². The summed E-state index contributed by atoms with van der Waals surface area (Å²) in [5.74, 6) is -0.246. The zero-order valence-corrected chi connectivity index (χ0v) is 13.7. The predicted octanol–water partition coefficient (Wildman–Crippen LogP) is 4.28. The number of aryl methyl sites for hydroxylation is 2. The number of fused-ring (bicyclic) bond motifs is 1. The highest BCUT2D eigenvalue weighted by molar-refractivity contribution is 8.00. The van der Waals surface area contributed by atoms with Gasteiger partial charge in [-0.1, -0.05) is 18.6 Å². The largest absolute Gasteiger partial charge is 0.301 e. The maximum atomic E-state index is 13.5. The molecule has 0 radical (unpaired) electrons. The Bertz CT molecular complexity index is 648. The van der Waals surface area contributed by atoms with Crippen molar-refractivity contribution < 1.29 is 9.18 Å². The molecule has 1 heterocycles. The smallest absolute Gasteiger partial charge is 0.236 e. The average molecular weight is 336 g/mol. The molecular weight excluding hydrogens is 319 g/mol. The molecule has 0 saturated heterocycles. The van der Waals surface area contributed by atoms with Crippen molar-refractivity contribution in [1.82, 2.24) is 4.98 Å². The van der Waals surface area contributed by atoms with E-state index in [-0.39, 0.29) is 17.5 Å². The molecule has 22 heavy (non-hydrogen) atoms. The first-order valence-corrected chi connectivity index (χ1v) is 9.18. The van der Waals surface area contributed by atoms with Crippen LogP contribution in [0.15, 0.2) is 29.2 Å². The lowest BCUT2D eigenvalue weighted by Crippen LogP contribution is -2.14. The van der Waals surface area contributed by atoms with Crippen molar-refractivity contribution in [2.75, 3.05) is 11.1 Å². The molecule has 1 aliphatic carbocycles. The number of carbonyl (C=O) groups excluding carboxylic acids is 1. The molecule has 0 saturated carbocycles. The summed E-state index contributed by atoms with van der Waals surface area (Å²) in [6.07, 6.45) is 5.70. The number of thioether (sulfide) groups is 1. The number of nitrogens with zero attached hydrogens (tertiary/aromatic N) is 1. The highest BCUT2D eigenvalue weighted by Gasteiger charge is 2.15. The third-order valence-corrected chi connectivity index (χ3v) is 5.66. The lowest BCUT2D eigenvalue weighted by atomic mass is 10.2.